The summed E-state index contributed by atoms with van der Waals surface area (Å²) in [7, 11) is 1.61. The van der Waals surface area contributed by atoms with Crippen molar-refractivity contribution in [2.24, 2.45) is 11.7 Å². The molecule has 0 saturated carbocycles. The van der Waals surface area contributed by atoms with E-state index in [1.54, 1.807) is 7.05 Å². The maximum absolute atomic E-state index is 10.8. The highest BCUT2D eigenvalue weighted by Gasteiger charge is 2.14. The predicted octanol–water partition coefficient (Wildman–Crippen LogP) is -0.284. The molecule has 9 heavy (non-hydrogen) atoms. The summed E-state index contributed by atoms with van der Waals surface area (Å²) in [5.41, 5.74) is 5.45. The van der Waals surface area contributed by atoms with Gasteiger partial charge in [0.1, 0.15) is 0 Å². The first-order chi connectivity index (χ1) is 4.09. The van der Waals surface area contributed by atoms with Gasteiger partial charge in [0.2, 0.25) is 5.91 Å². The van der Waals surface area contributed by atoms with E-state index >= 15 is 0 Å². The number of hydrogen-bond donors (Lipinski definition) is 2. The molecule has 0 saturated heterocycles. The Morgan fingerprint density at radius 3 is 2.11 bits per heavy atom. The van der Waals surface area contributed by atoms with Crippen LogP contribution >= 0.6 is 0 Å². The molecule has 0 bridgehead atoms. The average Bonchev–Trinajstić information content (AvgIpc) is 1.84. The van der Waals surface area contributed by atoms with Crippen LogP contribution in [0.5, 0.6) is 0 Å². The van der Waals surface area contributed by atoms with Crippen molar-refractivity contribution in [3.63, 3.8) is 0 Å². The smallest absolute Gasteiger partial charge is 0.224 e. The van der Waals surface area contributed by atoms with Gasteiger partial charge in [-0.05, 0) is 6.92 Å². The van der Waals surface area contributed by atoms with E-state index in [9.17, 15) is 4.79 Å². The largest absolute Gasteiger partial charge is 0.359 e. The fourth-order valence-corrected chi connectivity index (χ4v) is 0.466. The van der Waals surface area contributed by atoms with E-state index in [4.69, 9.17) is 5.73 Å². The molecule has 0 radical (unpaired) electrons. The fraction of sp³-hybridized carbons (Fsp3) is 0.833. The van der Waals surface area contributed by atoms with Crippen molar-refractivity contribution in [2.75, 3.05) is 7.05 Å². The van der Waals surface area contributed by atoms with E-state index in [1.165, 1.54) is 0 Å². The molecule has 3 N–H and O–H groups in total. The lowest BCUT2D eigenvalue weighted by atomic mass is 10.0. The van der Waals surface area contributed by atoms with E-state index < -0.39 is 0 Å². The van der Waals surface area contributed by atoms with Gasteiger partial charge in [-0.15, -0.1) is 0 Å². The van der Waals surface area contributed by atoms with Gasteiger partial charge >= 0.3 is 0 Å². The molecule has 0 aliphatic carbocycles. The second kappa shape index (κ2) is 3.45. The lowest BCUT2D eigenvalue weighted by Gasteiger charge is -2.12. The van der Waals surface area contributed by atoms with Crippen LogP contribution in [0, 0.1) is 5.92 Å². The van der Waals surface area contributed by atoms with Crippen LogP contribution in [0.25, 0.3) is 0 Å². The minimum absolute atomic E-state index is 0.00463. The van der Waals surface area contributed by atoms with Crippen LogP contribution in [0.4, 0.5) is 0 Å². The van der Waals surface area contributed by atoms with E-state index in [1.807, 2.05) is 13.8 Å². The maximum Gasteiger partial charge on any atom is 0.224 e. The number of amides is 1. The molecule has 0 heterocycles. The summed E-state index contributed by atoms with van der Waals surface area (Å²) in [6, 6.07) is -0.0649. The molecule has 0 aromatic heterocycles. The van der Waals surface area contributed by atoms with Crippen molar-refractivity contribution in [3.8, 4) is 0 Å². The summed E-state index contributed by atoms with van der Waals surface area (Å²) in [6.07, 6.45) is 0. The normalized spacial score (nSPS) is 16.4. The molecule has 0 aromatic carbocycles. The lowest BCUT2D eigenvalue weighted by Crippen LogP contribution is -2.36. The molecule has 2 unspecified atom stereocenters. The van der Waals surface area contributed by atoms with Gasteiger partial charge in [-0.3, -0.25) is 4.79 Å². The van der Waals surface area contributed by atoms with Crippen LogP contribution in [0.3, 0.4) is 0 Å². The maximum atomic E-state index is 10.8. The summed E-state index contributed by atoms with van der Waals surface area (Å²) in [6.45, 7) is 3.63. The van der Waals surface area contributed by atoms with Gasteiger partial charge in [0, 0.05) is 19.0 Å². The molecule has 0 spiro atoms. The Hall–Kier alpha value is -0.570. The number of rotatable bonds is 2. The highest BCUT2D eigenvalue weighted by atomic mass is 16.1. The van der Waals surface area contributed by atoms with E-state index in [-0.39, 0.29) is 17.9 Å². The number of carbonyl (C=O) groups excluding carboxylic acids is 1. The third-order valence-corrected chi connectivity index (χ3v) is 1.45. The van der Waals surface area contributed by atoms with Crippen molar-refractivity contribution >= 4 is 5.91 Å². The SMILES string of the molecule is CNC(=O)C(C)C(C)N. The molecule has 3 nitrogen and oxygen atoms in total. The van der Waals surface area contributed by atoms with Crippen LogP contribution in [0.2, 0.25) is 0 Å². The van der Waals surface area contributed by atoms with Crippen molar-refractivity contribution in [3.05, 3.63) is 0 Å². The van der Waals surface area contributed by atoms with Crippen LogP contribution in [-0.4, -0.2) is 19.0 Å². The molecule has 2 atom stereocenters. The van der Waals surface area contributed by atoms with Crippen LogP contribution in [0.15, 0.2) is 0 Å². The van der Waals surface area contributed by atoms with Gasteiger partial charge in [0.15, 0.2) is 0 Å². The molecule has 0 aromatic rings. The monoisotopic (exact) mass is 130 g/mol. The molecule has 1 amide bonds. The third kappa shape index (κ3) is 2.46. The zero-order valence-corrected chi connectivity index (χ0v) is 6.14. The average molecular weight is 130 g/mol. The van der Waals surface area contributed by atoms with E-state index in [0.29, 0.717) is 0 Å². The molecule has 0 aliphatic rings. The summed E-state index contributed by atoms with van der Waals surface area (Å²) in [5.74, 6) is -0.0833. The van der Waals surface area contributed by atoms with Gasteiger partial charge in [-0.2, -0.15) is 0 Å². The van der Waals surface area contributed by atoms with Crippen LogP contribution in [0.1, 0.15) is 13.8 Å². The summed E-state index contributed by atoms with van der Waals surface area (Å²) < 4.78 is 0. The van der Waals surface area contributed by atoms with Crippen molar-refractivity contribution < 1.29 is 4.79 Å². The zero-order valence-electron chi connectivity index (χ0n) is 6.14. The molecule has 3 heteroatoms. The quantitative estimate of drug-likeness (QED) is 0.540. The Balaban J connectivity index is 3.72. The summed E-state index contributed by atoms with van der Waals surface area (Å²) in [4.78, 5) is 10.8. The van der Waals surface area contributed by atoms with Crippen molar-refractivity contribution in [2.45, 2.75) is 19.9 Å². The van der Waals surface area contributed by atoms with E-state index in [0.717, 1.165) is 0 Å². The van der Waals surface area contributed by atoms with Crippen LogP contribution in [-0.2, 0) is 4.79 Å². The molecule has 0 rings (SSSR count). The van der Waals surface area contributed by atoms with Crippen molar-refractivity contribution in [1.29, 1.82) is 0 Å². The predicted molar refractivity (Wildman–Crippen MR) is 36.9 cm³/mol. The van der Waals surface area contributed by atoms with Crippen LogP contribution < -0.4 is 11.1 Å². The second-order valence-electron chi connectivity index (χ2n) is 2.26. The first kappa shape index (κ1) is 8.43. The Kier molecular flexibility index (Phi) is 3.24. The van der Waals surface area contributed by atoms with Gasteiger partial charge in [-0.25, -0.2) is 0 Å². The molecular weight excluding hydrogens is 116 g/mol. The Labute approximate surface area is 55.6 Å². The first-order valence-electron chi connectivity index (χ1n) is 3.06. The van der Waals surface area contributed by atoms with Crippen molar-refractivity contribution in [1.82, 2.24) is 5.32 Å². The standard InChI is InChI=1S/C6H14N2O/c1-4(5(2)7)6(9)8-3/h4-5H,7H2,1-3H3,(H,8,9). The molecule has 54 valence electrons. The number of nitrogens with two attached hydrogens (primary N) is 1. The lowest BCUT2D eigenvalue weighted by molar-refractivity contribution is -0.124. The Morgan fingerprint density at radius 2 is 2.00 bits per heavy atom. The second-order valence-corrected chi connectivity index (χ2v) is 2.26. The highest BCUT2D eigenvalue weighted by Crippen LogP contribution is 1.97. The topological polar surface area (TPSA) is 55.1 Å². The van der Waals surface area contributed by atoms with Gasteiger partial charge < -0.3 is 11.1 Å². The molecule has 0 aliphatic heterocycles. The Morgan fingerprint density at radius 1 is 1.56 bits per heavy atom. The van der Waals surface area contributed by atoms with Gasteiger partial charge in [-0.1, -0.05) is 6.92 Å². The minimum Gasteiger partial charge on any atom is -0.359 e. The van der Waals surface area contributed by atoms with Gasteiger partial charge in [0.05, 0.1) is 0 Å². The fourth-order valence-electron chi connectivity index (χ4n) is 0.466. The number of hydrogen-bond acceptors (Lipinski definition) is 2. The number of nitrogens with one attached hydrogen (secondary N) is 1. The zero-order chi connectivity index (χ0) is 7.44. The number of carbonyl (C=O) groups is 1. The minimum atomic E-state index is -0.0880. The molecular formula is C6H14N2O. The van der Waals surface area contributed by atoms with E-state index in [2.05, 4.69) is 5.32 Å². The summed E-state index contributed by atoms with van der Waals surface area (Å²) >= 11 is 0. The first-order valence-corrected chi connectivity index (χ1v) is 3.06. The Bertz CT molecular complexity index is 101. The molecule has 0 fully saturated rings. The summed E-state index contributed by atoms with van der Waals surface area (Å²) in [5, 5.41) is 2.53. The highest BCUT2D eigenvalue weighted by molar-refractivity contribution is 5.78. The van der Waals surface area contributed by atoms with Gasteiger partial charge in [0.25, 0.3) is 0 Å². The third-order valence-electron chi connectivity index (χ3n) is 1.45.